The normalized spacial score (nSPS) is 14.3. The summed E-state index contributed by atoms with van der Waals surface area (Å²) in [5.74, 6) is 7.40. The number of para-hydroxylation sites is 2. The Bertz CT molecular complexity index is 1580. The van der Waals surface area contributed by atoms with E-state index in [4.69, 9.17) is 4.42 Å². The van der Waals surface area contributed by atoms with Crippen molar-refractivity contribution in [3.05, 3.63) is 102 Å². The van der Waals surface area contributed by atoms with Gasteiger partial charge in [-0.3, -0.25) is 0 Å². The predicted octanol–water partition coefficient (Wildman–Crippen LogP) is 7.94. The van der Waals surface area contributed by atoms with Crippen LogP contribution in [0.15, 0.2) is 89.4 Å². The quantitative estimate of drug-likeness (QED) is 0.109. The molecule has 1 aliphatic heterocycles. The van der Waals surface area contributed by atoms with Crippen molar-refractivity contribution in [1.82, 2.24) is 0 Å². The van der Waals surface area contributed by atoms with E-state index in [1.54, 1.807) is 0 Å². The second-order valence-electron chi connectivity index (χ2n) is 9.58. The Morgan fingerprint density at radius 1 is 0.844 bits per heavy atom. The molecule has 0 radical (unpaired) electrons. The van der Waals surface area contributed by atoms with Crippen LogP contribution in [0.4, 0.5) is 5.69 Å². The first-order valence-electron chi connectivity index (χ1n) is 11.1. The molecule has 0 atom stereocenters. The first-order chi connectivity index (χ1) is 15.4. The Morgan fingerprint density at radius 3 is 2.47 bits per heavy atom. The molecule has 0 amide bonds. The fourth-order valence-electron chi connectivity index (χ4n) is 4.95. The van der Waals surface area contributed by atoms with Crippen LogP contribution >= 0.6 is 0 Å². The molecule has 0 spiro atoms. The van der Waals surface area contributed by atoms with Crippen molar-refractivity contribution in [2.45, 2.75) is 17.3 Å². The molecule has 0 aliphatic carbocycles. The van der Waals surface area contributed by atoms with Crippen LogP contribution in [0.2, 0.25) is 17.3 Å². The number of furan rings is 1. The molecule has 5 aromatic rings. The van der Waals surface area contributed by atoms with Crippen molar-refractivity contribution in [2.24, 2.45) is 0 Å². The number of hydrogen-bond donors (Lipinski definition) is 0. The summed E-state index contributed by atoms with van der Waals surface area (Å²) in [4.78, 5) is 0. The third-order valence-corrected chi connectivity index (χ3v) is 10.7. The minimum atomic E-state index is -2.25. The van der Waals surface area contributed by atoms with Gasteiger partial charge in [-0.15, -0.1) is 0 Å². The summed E-state index contributed by atoms with van der Waals surface area (Å²) in [5, 5.41) is 4.89. The van der Waals surface area contributed by atoms with Gasteiger partial charge in [-0.05, 0) is 0 Å². The molecular weight excluding hydrogens is 451 g/mol. The molecule has 32 heavy (non-hydrogen) atoms. The fourth-order valence-corrected chi connectivity index (χ4v) is 8.27. The van der Waals surface area contributed by atoms with Crippen LogP contribution in [-0.2, 0) is 0 Å². The van der Waals surface area contributed by atoms with E-state index in [0.717, 1.165) is 33.5 Å². The fraction of sp³-hybridized carbons (Fsp3) is 0.103. The van der Waals surface area contributed by atoms with E-state index < -0.39 is 13.3 Å². The Morgan fingerprint density at radius 2 is 1.62 bits per heavy atom. The molecule has 0 N–H and O–H groups in total. The van der Waals surface area contributed by atoms with Crippen LogP contribution in [0.3, 0.4) is 0 Å². The summed E-state index contributed by atoms with van der Waals surface area (Å²) in [6.45, 7) is 4.51. The Balaban J connectivity index is 1.65. The first kappa shape index (κ1) is 19.4. The number of hydrogen-bond acceptors (Lipinski definition) is 0. The molecule has 156 valence electrons. The van der Waals surface area contributed by atoms with E-state index in [0.29, 0.717) is 0 Å². The first-order valence-corrected chi connectivity index (χ1v) is 18.4. The van der Waals surface area contributed by atoms with Gasteiger partial charge in [0.15, 0.2) is 0 Å². The molecule has 2 nitrogen and oxygen atoms in total. The van der Waals surface area contributed by atoms with E-state index in [1.165, 1.54) is 26.4 Å². The standard InChI is InChI=1S/C29H25GeNO/c1-30(2,3)24-18-26(31(4)25-17-16-19-10-5-6-11-20(19)28(24)25)23-14-9-13-22-21-12-7-8-15-27(21)32-29(22)23/h5-18H,4H2,1-3H3. The summed E-state index contributed by atoms with van der Waals surface area (Å²) in [6.07, 6.45) is 2.39. The minimum absolute atomic E-state index is 0.922. The van der Waals surface area contributed by atoms with Crippen LogP contribution in [0.1, 0.15) is 11.1 Å². The van der Waals surface area contributed by atoms with Crippen LogP contribution in [0.25, 0.3) is 37.1 Å². The van der Waals surface area contributed by atoms with Gasteiger partial charge in [0, 0.05) is 0 Å². The van der Waals surface area contributed by atoms with Crippen LogP contribution in [0.5, 0.6) is 0 Å². The average Bonchev–Trinajstić information content (AvgIpc) is 3.17. The van der Waals surface area contributed by atoms with Crippen LogP contribution in [0, 0.1) is 6.04 Å². The molecule has 0 fully saturated rings. The molecule has 0 bridgehead atoms. The third-order valence-electron chi connectivity index (χ3n) is 6.53. The molecule has 0 saturated carbocycles. The average molecular weight is 476 g/mol. The van der Waals surface area contributed by atoms with Crippen molar-refractivity contribution in [1.29, 1.82) is 0 Å². The number of benzene rings is 4. The summed E-state index contributed by atoms with van der Waals surface area (Å²) in [5.41, 5.74) is 5.47. The summed E-state index contributed by atoms with van der Waals surface area (Å²) in [7, 11) is 0. The summed E-state index contributed by atoms with van der Waals surface area (Å²) >= 11 is -2.25. The molecule has 6 rings (SSSR count). The van der Waals surface area contributed by atoms with Crippen LogP contribution < -0.4 is 0 Å². The van der Waals surface area contributed by atoms with Crippen molar-refractivity contribution < 1.29 is 8.99 Å². The van der Waals surface area contributed by atoms with Gasteiger partial charge in [0.05, 0.1) is 0 Å². The van der Waals surface area contributed by atoms with Gasteiger partial charge < -0.3 is 0 Å². The van der Waals surface area contributed by atoms with E-state index in [-0.39, 0.29) is 0 Å². The van der Waals surface area contributed by atoms with E-state index in [2.05, 4.69) is 101 Å². The maximum absolute atomic E-state index is 6.37. The predicted molar refractivity (Wildman–Crippen MR) is 138 cm³/mol. The third kappa shape index (κ3) is 2.79. The van der Waals surface area contributed by atoms with Gasteiger partial charge in [0.25, 0.3) is 0 Å². The van der Waals surface area contributed by atoms with E-state index in [9.17, 15) is 0 Å². The zero-order valence-corrected chi connectivity index (χ0v) is 20.7. The Hall–Kier alpha value is -3.24. The topological polar surface area (TPSA) is 14.3 Å². The van der Waals surface area contributed by atoms with Gasteiger partial charge in [-0.1, -0.05) is 0 Å². The van der Waals surface area contributed by atoms with Crippen molar-refractivity contribution >= 4 is 62.8 Å². The van der Waals surface area contributed by atoms with Gasteiger partial charge in [-0.2, -0.15) is 0 Å². The SMILES string of the molecule is C=[N+]1c2ccc3ccccc3c2[C]([Ge]([CH3])([CH3])[CH3])=C[C-]1c1cccc2c1[o+][c-]1ccccc21. The van der Waals surface area contributed by atoms with E-state index >= 15 is 0 Å². The summed E-state index contributed by atoms with van der Waals surface area (Å²) < 4.78 is 9.97. The van der Waals surface area contributed by atoms with E-state index in [1.807, 2.05) is 12.1 Å². The molecule has 0 unspecified atom stereocenters. The second-order valence-corrected chi connectivity index (χ2v) is 20.2. The molecular formula is C29H25GeNO. The Kier molecular flexibility index (Phi) is 4.18. The van der Waals surface area contributed by atoms with Gasteiger partial charge >= 0.3 is 191 Å². The zero-order chi connectivity index (χ0) is 22.0. The molecule has 2 heterocycles. The second kappa shape index (κ2) is 6.88. The number of nitrogens with zero attached hydrogens (tertiary/aromatic N) is 1. The molecule has 1 aliphatic rings. The number of fused-ring (bicyclic) bond motifs is 6. The summed E-state index contributed by atoms with van der Waals surface area (Å²) in [6, 6.07) is 28.9. The maximum atomic E-state index is 6.37. The zero-order valence-electron chi connectivity index (χ0n) is 18.6. The van der Waals surface area contributed by atoms with Crippen molar-refractivity contribution in [2.75, 3.05) is 0 Å². The van der Waals surface area contributed by atoms with Crippen LogP contribution in [-0.4, -0.2) is 24.6 Å². The molecule has 0 saturated heterocycles. The van der Waals surface area contributed by atoms with Gasteiger partial charge in [0.1, 0.15) is 0 Å². The number of rotatable bonds is 2. The Labute approximate surface area is 190 Å². The van der Waals surface area contributed by atoms with Crippen molar-refractivity contribution in [3.63, 3.8) is 0 Å². The van der Waals surface area contributed by atoms with Gasteiger partial charge in [0.2, 0.25) is 0 Å². The van der Waals surface area contributed by atoms with Gasteiger partial charge in [-0.25, -0.2) is 0 Å². The molecule has 4 aromatic carbocycles. The monoisotopic (exact) mass is 477 g/mol. The van der Waals surface area contributed by atoms with Crippen molar-refractivity contribution in [3.8, 4) is 0 Å². The molecule has 1 aromatic heterocycles. The molecule has 3 heteroatoms.